The lowest BCUT2D eigenvalue weighted by Crippen LogP contribution is -2.29. The Labute approximate surface area is 109 Å². The van der Waals surface area contributed by atoms with E-state index in [1.165, 1.54) is 4.90 Å². The molecule has 1 aromatic carbocycles. The third-order valence-electron chi connectivity index (χ3n) is 2.64. The zero-order valence-corrected chi connectivity index (χ0v) is 10.7. The normalized spacial score (nSPS) is 10.4. The largest absolute Gasteiger partial charge is 0.399 e. The van der Waals surface area contributed by atoms with Crippen LogP contribution in [0.2, 0.25) is 0 Å². The second-order valence-corrected chi connectivity index (χ2v) is 4.33. The Morgan fingerprint density at radius 1 is 1.47 bits per heavy atom. The first-order chi connectivity index (χ1) is 8.97. The highest BCUT2D eigenvalue weighted by Crippen LogP contribution is 2.12. The Morgan fingerprint density at radius 3 is 2.89 bits per heavy atom. The molecule has 0 aliphatic heterocycles. The van der Waals surface area contributed by atoms with E-state index in [4.69, 9.17) is 5.73 Å². The summed E-state index contributed by atoms with van der Waals surface area (Å²) in [6.45, 7) is 0.0659. The van der Waals surface area contributed by atoms with Crippen LogP contribution in [0.25, 0.3) is 10.9 Å². The lowest BCUT2D eigenvalue weighted by Gasteiger charge is -2.11. The summed E-state index contributed by atoms with van der Waals surface area (Å²) in [6.07, 6.45) is 0. The number of H-pyrrole nitrogens is 1. The Morgan fingerprint density at radius 2 is 2.21 bits per heavy atom. The molecule has 1 aromatic heterocycles. The smallest absolute Gasteiger partial charge is 0.260 e. The van der Waals surface area contributed by atoms with Gasteiger partial charge in [-0.3, -0.25) is 14.6 Å². The number of aromatic nitrogens is 2. The molecule has 1 heterocycles. The molecule has 0 spiro atoms. The van der Waals surface area contributed by atoms with E-state index in [0.29, 0.717) is 16.6 Å². The summed E-state index contributed by atoms with van der Waals surface area (Å²) in [4.78, 5) is 31.5. The van der Waals surface area contributed by atoms with Crippen molar-refractivity contribution in [1.29, 1.82) is 0 Å². The van der Waals surface area contributed by atoms with E-state index in [-0.39, 0.29) is 24.0 Å². The molecule has 7 nitrogen and oxygen atoms in total. The number of hydrogen-bond acceptors (Lipinski definition) is 5. The predicted molar refractivity (Wildman–Crippen MR) is 74.0 cm³/mol. The van der Waals surface area contributed by atoms with Gasteiger partial charge in [-0.05, 0) is 18.2 Å². The quantitative estimate of drug-likeness (QED) is 0.675. The summed E-state index contributed by atoms with van der Waals surface area (Å²) in [5, 5.41) is 3.21. The molecule has 0 aliphatic carbocycles. The topological polar surface area (TPSA) is 104 Å². The second-order valence-electron chi connectivity index (χ2n) is 4.33. The Balaban J connectivity index is 2.29. The molecule has 2 aromatic rings. The van der Waals surface area contributed by atoms with E-state index in [1.807, 2.05) is 0 Å². The molecule has 2 rings (SSSR count). The molecule has 7 heteroatoms. The number of aromatic amines is 1. The van der Waals surface area contributed by atoms with Crippen LogP contribution in [0.1, 0.15) is 0 Å². The summed E-state index contributed by atoms with van der Waals surface area (Å²) in [5.41, 5.74) is 6.35. The highest BCUT2D eigenvalue weighted by molar-refractivity contribution is 5.83. The molecule has 0 saturated heterocycles. The van der Waals surface area contributed by atoms with E-state index in [0.717, 1.165) is 0 Å². The summed E-state index contributed by atoms with van der Waals surface area (Å²) in [6, 6.07) is 4.90. The molecule has 4 N–H and O–H groups in total. The Kier molecular flexibility index (Phi) is 3.37. The summed E-state index contributed by atoms with van der Waals surface area (Å²) in [5.74, 6) is 0.150. The number of nitrogens with two attached hydrogens (primary N) is 1. The van der Waals surface area contributed by atoms with Crippen LogP contribution >= 0.6 is 0 Å². The van der Waals surface area contributed by atoms with E-state index >= 15 is 0 Å². The third kappa shape index (κ3) is 2.82. The van der Waals surface area contributed by atoms with Gasteiger partial charge in [0.25, 0.3) is 5.56 Å². The number of fused-ring (bicyclic) bond motifs is 1. The van der Waals surface area contributed by atoms with Gasteiger partial charge in [0.1, 0.15) is 0 Å². The van der Waals surface area contributed by atoms with Crippen molar-refractivity contribution in [3.05, 3.63) is 28.6 Å². The number of carbonyl (C=O) groups is 1. The number of nitrogen functional groups attached to an aromatic ring is 1. The lowest BCUT2D eigenvalue weighted by molar-refractivity contribution is -0.126. The molecule has 0 bridgehead atoms. The minimum absolute atomic E-state index is 0.0659. The fourth-order valence-electron chi connectivity index (χ4n) is 1.56. The highest BCUT2D eigenvalue weighted by Gasteiger charge is 2.07. The maximum atomic E-state index is 11.8. The number of rotatable bonds is 3. The number of hydrogen-bond donors (Lipinski definition) is 3. The number of benzene rings is 1. The zero-order chi connectivity index (χ0) is 14.0. The van der Waals surface area contributed by atoms with Crippen LogP contribution in [0.15, 0.2) is 23.0 Å². The number of nitrogens with one attached hydrogen (secondary N) is 2. The van der Waals surface area contributed by atoms with Gasteiger partial charge in [-0.15, -0.1) is 0 Å². The fourth-order valence-corrected chi connectivity index (χ4v) is 1.56. The van der Waals surface area contributed by atoms with Gasteiger partial charge in [-0.2, -0.15) is 0 Å². The molecule has 0 fully saturated rings. The van der Waals surface area contributed by atoms with Gasteiger partial charge in [0.05, 0.1) is 17.4 Å². The molecule has 0 unspecified atom stereocenters. The van der Waals surface area contributed by atoms with Crippen molar-refractivity contribution in [2.45, 2.75) is 0 Å². The maximum absolute atomic E-state index is 11.8. The van der Waals surface area contributed by atoms with Gasteiger partial charge in [-0.1, -0.05) is 0 Å². The Hall–Kier alpha value is -2.57. The molecule has 0 radical (unpaired) electrons. The number of carbonyl (C=O) groups excluding carboxylic acids is 1. The molecule has 0 aliphatic rings. The predicted octanol–water partition coefficient (Wildman–Crippen LogP) is 0.00540. The number of likely N-dealkylation sites (N-methyl/N-ethyl adjacent to an activating group) is 1. The van der Waals surface area contributed by atoms with Crippen LogP contribution in [0, 0.1) is 0 Å². The monoisotopic (exact) mass is 261 g/mol. The first-order valence-electron chi connectivity index (χ1n) is 5.71. The van der Waals surface area contributed by atoms with Crippen molar-refractivity contribution in [2.75, 3.05) is 31.7 Å². The average molecular weight is 261 g/mol. The fraction of sp³-hybridized carbons (Fsp3) is 0.250. The van der Waals surface area contributed by atoms with Crippen LogP contribution in [-0.4, -0.2) is 41.4 Å². The molecule has 0 atom stereocenters. The van der Waals surface area contributed by atoms with Crippen molar-refractivity contribution >= 4 is 28.4 Å². The lowest BCUT2D eigenvalue weighted by atomic mass is 10.2. The first kappa shape index (κ1) is 12.9. The van der Waals surface area contributed by atoms with Crippen LogP contribution in [0.5, 0.6) is 0 Å². The van der Waals surface area contributed by atoms with E-state index in [2.05, 4.69) is 15.3 Å². The maximum Gasteiger partial charge on any atom is 0.260 e. The van der Waals surface area contributed by atoms with Crippen molar-refractivity contribution < 1.29 is 4.79 Å². The molecule has 19 heavy (non-hydrogen) atoms. The summed E-state index contributed by atoms with van der Waals surface area (Å²) in [7, 11) is 3.31. The van der Waals surface area contributed by atoms with E-state index < -0.39 is 0 Å². The summed E-state index contributed by atoms with van der Waals surface area (Å²) < 4.78 is 0. The number of amides is 1. The van der Waals surface area contributed by atoms with Crippen molar-refractivity contribution in [3.63, 3.8) is 0 Å². The van der Waals surface area contributed by atoms with Crippen LogP contribution in [-0.2, 0) is 4.79 Å². The van der Waals surface area contributed by atoms with Gasteiger partial charge < -0.3 is 16.0 Å². The molecule has 0 saturated carbocycles. The molecular weight excluding hydrogens is 246 g/mol. The molecule has 100 valence electrons. The molecular formula is C12H15N5O2. The van der Waals surface area contributed by atoms with Gasteiger partial charge in [0.15, 0.2) is 0 Å². The number of nitrogens with zero attached hydrogens (tertiary/aromatic N) is 2. The number of anilines is 2. The first-order valence-corrected chi connectivity index (χ1v) is 5.71. The zero-order valence-electron chi connectivity index (χ0n) is 10.7. The third-order valence-corrected chi connectivity index (χ3v) is 2.64. The van der Waals surface area contributed by atoms with Crippen molar-refractivity contribution in [1.82, 2.24) is 14.9 Å². The van der Waals surface area contributed by atoms with Crippen LogP contribution in [0.3, 0.4) is 0 Å². The highest BCUT2D eigenvalue weighted by atomic mass is 16.2. The SMILES string of the molecule is CN(C)C(=O)CNc1nc2ccc(N)cc2c(=O)[nH]1. The van der Waals surface area contributed by atoms with Crippen molar-refractivity contribution in [3.8, 4) is 0 Å². The van der Waals surface area contributed by atoms with E-state index in [1.54, 1.807) is 32.3 Å². The minimum Gasteiger partial charge on any atom is -0.399 e. The average Bonchev–Trinajstić information content (AvgIpc) is 2.36. The van der Waals surface area contributed by atoms with Gasteiger partial charge in [-0.25, -0.2) is 4.98 Å². The van der Waals surface area contributed by atoms with E-state index in [9.17, 15) is 9.59 Å². The summed E-state index contributed by atoms with van der Waals surface area (Å²) >= 11 is 0. The Bertz CT molecular complexity index is 677. The van der Waals surface area contributed by atoms with Crippen LogP contribution in [0.4, 0.5) is 11.6 Å². The minimum atomic E-state index is -0.294. The standard InChI is InChI=1S/C12H15N5O2/c1-17(2)10(18)6-14-12-15-9-4-3-7(13)5-8(9)11(19)16-12/h3-5H,6,13H2,1-2H3,(H2,14,15,16,19). The van der Waals surface area contributed by atoms with Gasteiger partial charge in [0.2, 0.25) is 11.9 Å². The second kappa shape index (κ2) is 4.97. The van der Waals surface area contributed by atoms with Gasteiger partial charge in [0, 0.05) is 19.8 Å². The molecule has 1 amide bonds. The van der Waals surface area contributed by atoms with Crippen LogP contribution < -0.4 is 16.6 Å². The van der Waals surface area contributed by atoms with Gasteiger partial charge >= 0.3 is 0 Å². The van der Waals surface area contributed by atoms with Crippen molar-refractivity contribution in [2.24, 2.45) is 0 Å².